The topological polar surface area (TPSA) is 55.4 Å². The number of ether oxygens (including phenoxy) is 1. The smallest absolute Gasteiger partial charge is 0.262 e. The Balaban J connectivity index is 2.37. The first kappa shape index (κ1) is 18.6. The van der Waals surface area contributed by atoms with Crippen LogP contribution in [0, 0.1) is 6.92 Å². The molecule has 0 aliphatic rings. The monoisotopic (exact) mass is 367 g/mol. The van der Waals surface area contributed by atoms with Crippen LogP contribution in [0.2, 0.25) is 5.02 Å². The summed E-state index contributed by atoms with van der Waals surface area (Å²) >= 11 is 6.06. The molecule has 0 spiro atoms. The van der Waals surface area contributed by atoms with E-state index in [1.807, 2.05) is 12.1 Å². The fourth-order valence-corrected chi connectivity index (χ4v) is 3.46. The van der Waals surface area contributed by atoms with E-state index in [4.69, 9.17) is 16.3 Å². The zero-order valence-corrected chi connectivity index (χ0v) is 16.0. The molecule has 0 saturated carbocycles. The summed E-state index contributed by atoms with van der Waals surface area (Å²) in [5, 5.41) is 0.518. The number of rotatable bonds is 4. The maximum Gasteiger partial charge on any atom is 0.262 e. The van der Waals surface area contributed by atoms with E-state index >= 15 is 0 Å². The normalized spacial score (nSPS) is 12.1. The van der Waals surface area contributed by atoms with E-state index in [1.165, 1.54) is 7.11 Å². The number of hydrogen-bond acceptors (Lipinski definition) is 3. The molecule has 6 heteroatoms. The van der Waals surface area contributed by atoms with Crippen molar-refractivity contribution in [2.75, 3.05) is 11.8 Å². The van der Waals surface area contributed by atoms with Gasteiger partial charge in [-0.3, -0.25) is 4.72 Å². The van der Waals surface area contributed by atoms with E-state index < -0.39 is 10.0 Å². The predicted octanol–water partition coefficient (Wildman–Crippen LogP) is 4.76. The number of anilines is 1. The van der Waals surface area contributed by atoms with E-state index in [0.29, 0.717) is 16.5 Å². The van der Waals surface area contributed by atoms with Crippen LogP contribution >= 0.6 is 11.6 Å². The summed E-state index contributed by atoms with van der Waals surface area (Å²) < 4.78 is 33.0. The van der Waals surface area contributed by atoms with Crippen LogP contribution in [0.25, 0.3) is 0 Å². The number of nitrogens with one attached hydrogen (secondary N) is 1. The molecule has 2 aromatic carbocycles. The third-order valence-corrected chi connectivity index (χ3v) is 5.54. The Morgan fingerprint density at radius 1 is 1.08 bits per heavy atom. The van der Waals surface area contributed by atoms with Crippen LogP contribution < -0.4 is 9.46 Å². The molecule has 1 N–H and O–H groups in total. The molecule has 2 aromatic rings. The number of benzene rings is 2. The highest BCUT2D eigenvalue weighted by Crippen LogP contribution is 2.32. The second-order valence-corrected chi connectivity index (χ2v) is 8.77. The minimum absolute atomic E-state index is 0.0355. The minimum Gasteiger partial charge on any atom is -0.495 e. The second-order valence-electron chi connectivity index (χ2n) is 6.68. The number of halogens is 1. The molecule has 2 rings (SSSR count). The van der Waals surface area contributed by atoms with Gasteiger partial charge in [-0.1, -0.05) is 44.5 Å². The van der Waals surface area contributed by atoms with E-state index in [2.05, 4.69) is 25.5 Å². The van der Waals surface area contributed by atoms with Crippen molar-refractivity contribution in [1.29, 1.82) is 0 Å². The van der Waals surface area contributed by atoms with Gasteiger partial charge in [0.05, 0.1) is 17.7 Å². The van der Waals surface area contributed by atoms with Crippen LogP contribution in [0.4, 0.5) is 5.69 Å². The lowest BCUT2D eigenvalue weighted by atomic mass is 9.87. The molecule has 0 bridgehead atoms. The fraction of sp³-hybridized carbons (Fsp3) is 0.333. The van der Waals surface area contributed by atoms with Crippen LogP contribution in [0.3, 0.4) is 0 Å². The Labute approximate surface area is 148 Å². The molecule has 0 radical (unpaired) electrons. The molecule has 130 valence electrons. The van der Waals surface area contributed by atoms with Gasteiger partial charge in [0, 0.05) is 11.1 Å². The van der Waals surface area contributed by atoms with E-state index in [-0.39, 0.29) is 10.3 Å². The average molecular weight is 368 g/mol. The van der Waals surface area contributed by atoms with E-state index in [9.17, 15) is 8.42 Å². The first-order chi connectivity index (χ1) is 11.0. The summed E-state index contributed by atoms with van der Waals surface area (Å²) in [5.74, 6) is 0.375. The molecule has 0 aromatic heterocycles. The molecule has 0 atom stereocenters. The number of sulfonamides is 1. The molecule has 0 saturated heterocycles. The predicted molar refractivity (Wildman–Crippen MR) is 98.7 cm³/mol. The van der Waals surface area contributed by atoms with Crippen molar-refractivity contribution in [2.45, 2.75) is 38.0 Å². The molecule has 0 fully saturated rings. The molecule has 0 amide bonds. The minimum atomic E-state index is -3.71. The molecule has 24 heavy (non-hydrogen) atoms. The zero-order valence-electron chi connectivity index (χ0n) is 14.5. The van der Waals surface area contributed by atoms with Gasteiger partial charge in [0.15, 0.2) is 0 Å². The second kappa shape index (κ2) is 6.65. The first-order valence-corrected chi connectivity index (χ1v) is 9.38. The molecule has 0 aliphatic heterocycles. The highest BCUT2D eigenvalue weighted by molar-refractivity contribution is 7.92. The lowest BCUT2D eigenvalue weighted by Gasteiger charge is -2.19. The maximum absolute atomic E-state index is 12.6. The molecule has 0 heterocycles. The fourth-order valence-electron chi connectivity index (χ4n) is 2.25. The van der Waals surface area contributed by atoms with Crippen molar-refractivity contribution in [3.63, 3.8) is 0 Å². The van der Waals surface area contributed by atoms with Crippen LogP contribution in [0.1, 0.15) is 31.9 Å². The van der Waals surface area contributed by atoms with Crippen molar-refractivity contribution in [3.05, 3.63) is 52.5 Å². The molecule has 0 unspecified atom stereocenters. The maximum atomic E-state index is 12.6. The Bertz CT molecular complexity index is 838. The number of aryl methyl sites for hydroxylation is 1. The lowest BCUT2D eigenvalue weighted by molar-refractivity contribution is 0.417. The van der Waals surface area contributed by atoms with Crippen molar-refractivity contribution < 1.29 is 13.2 Å². The van der Waals surface area contributed by atoms with Gasteiger partial charge >= 0.3 is 0 Å². The van der Waals surface area contributed by atoms with E-state index in [0.717, 1.165) is 11.1 Å². The van der Waals surface area contributed by atoms with Crippen molar-refractivity contribution in [2.24, 2.45) is 0 Å². The zero-order chi connectivity index (χ0) is 18.1. The van der Waals surface area contributed by atoms with Crippen LogP contribution in [0.15, 0.2) is 41.3 Å². The van der Waals surface area contributed by atoms with Gasteiger partial charge in [0.2, 0.25) is 0 Å². The van der Waals surface area contributed by atoms with Crippen molar-refractivity contribution >= 4 is 27.3 Å². The Morgan fingerprint density at radius 2 is 1.67 bits per heavy atom. The molecule has 4 nitrogen and oxygen atoms in total. The van der Waals surface area contributed by atoms with Crippen molar-refractivity contribution in [3.8, 4) is 5.75 Å². The number of hydrogen-bond donors (Lipinski definition) is 1. The Hall–Kier alpha value is -1.72. The lowest BCUT2D eigenvalue weighted by Crippen LogP contribution is -2.15. The summed E-state index contributed by atoms with van der Waals surface area (Å²) in [5.41, 5.74) is 2.16. The Kier molecular flexibility index (Phi) is 5.16. The van der Waals surface area contributed by atoms with Gasteiger partial charge < -0.3 is 4.74 Å². The van der Waals surface area contributed by atoms with Gasteiger partial charge in [-0.25, -0.2) is 8.42 Å². The highest BCUT2D eigenvalue weighted by atomic mass is 35.5. The summed E-state index contributed by atoms with van der Waals surface area (Å²) in [6.07, 6.45) is 0. The van der Waals surface area contributed by atoms with Crippen LogP contribution in [-0.2, 0) is 15.4 Å². The summed E-state index contributed by atoms with van der Waals surface area (Å²) in [6, 6.07) is 10.1. The molecule has 0 aliphatic carbocycles. The summed E-state index contributed by atoms with van der Waals surface area (Å²) in [7, 11) is -2.24. The number of methoxy groups -OCH3 is 1. The third kappa shape index (κ3) is 4.02. The first-order valence-electron chi connectivity index (χ1n) is 7.52. The standard InChI is InChI=1S/C18H22ClNO3S/c1-12-10-16(17(23-5)11-15(12)19)20-24(21,22)14-8-6-13(7-9-14)18(2,3)4/h6-11,20H,1-5H3. The van der Waals surface area contributed by atoms with Gasteiger partial charge in [0.25, 0.3) is 10.0 Å². The van der Waals surface area contributed by atoms with E-state index in [1.54, 1.807) is 31.2 Å². The highest BCUT2D eigenvalue weighted by Gasteiger charge is 2.19. The van der Waals surface area contributed by atoms with Crippen LogP contribution in [0.5, 0.6) is 5.75 Å². The van der Waals surface area contributed by atoms with Gasteiger partial charge in [-0.05, 0) is 41.7 Å². The quantitative estimate of drug-likeness (QED) is 0.847. The van der Waals surface area contributed by atoms with Gasteiger partial charge in [0.1, 0.15) is 5.75 Å². The summed E-state index contributed by atoms with van der Waals surface area (Å²) in [6.45, 7) is 8.04. The SMILES string of the molecule is COc1cc(Cl)c(C)cc1NS(=O)(=O)c1ccc(C(C)(C)C)cc1. The van der Waals surface area contributed by atoms with Gasteiger partial charge in [-0.15, -0.1) is 0 Å². The Morgan fingerprint density at radius 3 is 2.17 bits per heavy atom. The average Bonchev–Trinajstić information content (AvgIpc) is 2.49. The van der Waals surface area contributed by atoms with Crippen molar-refractivity contribution in [1.82, 2.24) is 0 Å². The largest absolute Gasteiger partial charge is 0.495 e. The molecular weight excluding hydrogens is 346 g/mol. The van der Waals surface area contributed by atoms with Crippen LogP contribution in [-0.4, -0.2) is 15.5 Å². The molecular formula is C18H22ClNO3S. The third-order valence-electron chi connectivity index (χ3n) is 3.76. The van der Waals surface area contributed by atoms with Gasteiger partial charge in [-0.2, -0.15) is 0 Å². The summed E-state index contributed by atoms with van der Waals surface area (Å²) in [4.78, 5) is 0.199.